The highest BCUT2D eigenvalue weighted by molar-refractivity contribution is 5.61. The summed E-state index contributed by atoms with van der Waals surface area (Å²) in [6, 6.07) is 41.3. The molecule has 0 radical (unpaired) electrons. The number of hydrogen-bond donors (Lipinski definition) is 4. The van der Waals surface area contributed by atoms with E-state index in [0.717, 1.165) is 66.8 Å². The predicted molar refractivity (Wildman–Crippen MR) is 385 cm³/mol. The van der Waals surface area contributed by atoms with Crippen LogP contribution in [-0.2, 0) is 84.2 Å². The molecule has 4 N–H and O–H groups in total. The van der Waals surface area contributed by atoms with E-state index in [0.29, 0.717) is 93.2 Å². The molecule has 12 bridgehead atoms. The highest BCUT2D eigenvalue weighted by Gasteiger charge is 2.31. The van der Waals surface area contributed by atoms with Crippen molar-refractivity contribution in [3.63, 3.8) is 0 Å². The molecule has 0 unspecified atom stereocenters. The van der Waals surface area contributed by atoms with E-state index in [-0.39, 0.29) is 94.8 Å². The maximum Gasteiger partial charge on any atom is 0.148 e. The Morgan fingerprint density at radius 3 is 0.702 bits per heavy atom. The SMILES string of the molecule is C#CCOc1cccc(COc2c3cc(C(C)(C)C)cc2Cc2cc(C(C)(C)C)cc(c2O)Cc2cc(C(C)(C)C)cc(c2O)Cc2cc(C(C)(C)C)cc(c2OCc2cccc(OCC#C)c2)Cc2cc(C(C)(C)C)cc(c2O)Cc2cc(C(C)(C)C)cc(c2O)C3)c1. The van der Waals surface area contributed by atoms with E-state index < -0.39 is 0 Å². The molecule has 8 aromatic rings. The molecule has 0 saturated carbocycles. The lowest BCUT2D eigenvalue weighted by atomic mass is 9.79. The van der Waals surface area contributed by atoms with Gasteiger partial charge in [0, 0.05) is 38.5 Å². The Balaban J connectivity index is 1.37. The first-order valence-corrected chi connectivity index (χ1v) is 33.2. The van der Waals surface area contributed by atoms with Gasteiger partial charge in [0.15, 0.2) is 0 Å². The molecule has 0 aliphatic heterocycles. The number of terminal acetylenes is 2. The number of phenols is 4. The normalized spacial score (nSPS) is 13.3. The molecular weight excluding hydrogens is 1160 g/mol. The first-order chi connectivity index (χ1) is 43.9. The average Bonchev–Trinajstić information content (AvgIpc) is 0.789. The summed E-state index contributed by atoms with van der Waals surface area (Å²) in [7, 11) is 0. The summed E-state index contributed by atoms with van der Waals surface area (Å²) in [4.78, 5) is 0. The monoisotopic (exact) mass is 1260 g/mol. The van der Waals surface area contributed by atoms with Gasteiger partial charge < -0.3 is 39.4 Å². The van der Waals surface area contributed by atoms with Crippen LogP contribution in [0.2, 0.25) is 0 Å². The first-order valence-electron chi connectivity index (χ1n) is 33.2. The lowest BCUT2D eigenvalue weighted by Gasteiger charge is -2.28. The maximum absolute atomic E-state index is 13.1. The van der Waals surface area contributed by atoms with Crippen LogP contribution < -0.4 is 18.9 Å². The van der Waals surface area contributed by atoms with E-state index in [9.17, 15) is 20.4 Å². The topological polar surface area (TPSA) is 118 Å². The molecule has 8 heteroatoms. The van der Waals surface area contributed by atoms with E-state index in [2.05, 4.69) is 209 Å². The fourth-order valence-corrected chi connectivity index (χ4v) is 12.4. The zero-order valence-corrected chi connectivity index (χ0v) is 59.2. The number of fused-ring (bicyclic) bond motifs is 12. The number of aromatic hydroxyl groups is 4. The summed E-state index contributed by atoms with van der Waals surface area (Å²) in [6.07, 6.45) is 12.9. The number of ether oxygens (including phenoxy) is 4. The third-order valence-electron chi connectivity index (χ3n) is 18.2. The molecule has 0 atom stereocenters. The molecule has 8 aromatic carbocycles. The summed E-state index contributed by atoms with van der Waals surface area (Å²) >= 11 is 0. The minimum absolute atomic E-state index is 0.127. The Morgan fingerprint density at radius 1 is 0.298 bits per heavy atom. The van der Waals surface area contributed by atoms with Crippen LogP contribution in [0.3, 0.4) is 0 Å². The molecule has 0 heterocycles. The largest absolute Gasteiger partial charge is 0.507 e. The number of hydrogen-bond acceptors (Lipinski definition) is 8. The number of benzene rings is 8. The van der Waals surface area contributed by atoms with Crippen LogP contribution in [0.4, 0.5) is 0 Å². The molecule has 0 fully saturated rings. The second kappa shape index (κ2) is 26.9. The van der Waals surface area contributed by atoms with E-state index in [1.807, 2.05) is 48.5 Å². The first kappa shape index (κ1) is 69.6. The summed E-state index contributed by atoms with van der Waals surface area (Å²) < 4.78 is 26.2. The van der Waals surface area contributed by atoms with Crippen LogP contribution in [0, 0.1) is 24.7 Å². The highest BCUT2D eigenvalue weighted by atomic mass is 16.5. The fraction of sp³-hybridized carbons (Fsp3) is 0.395. The number of rotatable bonds is 10. The standard InChI is InChI=1S/C86H100O8/c1-21-29-91-73-27-23-25-53(31-73)51-93-79-63-35-59-43-67(81(3,4)5)39-55(75(59)87)33-57-41-69(83(9,10)11)45-61(77(57)89)37-65-49-72(86(18,19)20)50-66(80(65)94-52-54-26-24-28-74(32-54)92-30-22-2)38-62-46-70(84(12,13)14)42-58(78(62)90)34-56-40-68(82(6,7)8)44-60(76(56)88)36-64(79)48-71(47-63)85(15,16)17/h1-2,23-28,31-32,39-50,87-90H,29-30,33-38,51-52H2,3-20H3. The molecule has 0 amide bonds. The molecule has 0 spiro atoms. The van der Waals surface area contributed by atoms with Crippen molar-refractivity contribution in [2.45, 2.75) is 209 Å². The zero-order chi connectivity index (χ0) is 68.6. The molecule has 492 valence electrons. The third-order valence-corrected chi connectivity index (χ3v) is 18.2. The van der Waals surface area contributed by atoms with E-state index in [4.69, 9.17) is 31.8 Å². The van der Waals surface area contributed by atoms with Crippen LogP contribution in [0.5, 0.6) is 46.0 Å². The Morgan fingerprint density at radius 2 is 0.500 bits per heavy atom. The highest BCUT2D eigenvalue weighted by Crippen LogP contribution is 2.46. The maximum atomic E-state index is 13.1. The second-order valence-electron chi connectivity index (χ2n) is 32.2. The van der Waals surface area contributed by atoms with Crippen LogP contribution in [-0.4, -0.2) is 33.6 Å². The van der Waals surface area contributed by atoms with Crippen molar-refractivity contribution < 1.29 is 39.4 Å². The lowest BCUT2D eigenvalue weighted by molar-refractivity contribution is 0.298. The van der Waals surface area contributed by atoms with Gasteiger partial charge in [-0.2, -0.15) is 0 Å². The molecular formula is C86H100O8. The van der Waals surface area contributed by atoms with Crippen molar-refractivity contribution in [3.8, 4) is 70.7 Å². The second-order valence-corrected chi connectivity index (χ2v) is 32.2. The van der Waals surface area contributed by atoms with Crippen molar-refractivity contribution in [1.82, 2.24) is 0 Å². The smallest absolute Gasteiger partial charge is 0.148 e. The number of phenolic OH excluding ortho intramolecular Hbond substituents is 4. The minimum Gasteiger partial charge on any atom is -0.507 e. The Bertz CT molecular complexity index is 3760. The van der Waals surface area contributed by atoms with E-state index in [1.165, 1.54) is 0 Å². The van der Waals surface area contributed by atoms with Gasteiger partial charge in [-0.25, -0.2) is 0 Å². The van der Waals surface area contributed by atoms with Crippen LogP contribution in [0.25, 0.3) is 0 Å². The zero-order valence-electron chi connectivity index (χ0n) is 59.2. The molecule has 94 heavy (non-hydrogen) atoms. The summed E-state index contributed by atoms with van der Waals surface area (Å²) in [5.74, 6) is 8.27. The van der Waals surface area contributed by atoms with Gasteiger partial charge in [0.25, 0.3) is 0 Å². The molecule has 1 aliphatic rings. The van der Waals surface area contributed by atoms with Crippen molar-refractivity contribution >= 4 is 0 Å². The van der Waals surface area contributed by atoms with E-state index in [1.54, 1.807) is 0 Å². The lowest BCUT2D eigenvalue weighted by Crippen LogP contribution is -2.16. The average molecular weight is 1260 g/mol. The predicted octanol–water partition coefficient (Wildman–Crippen LogP) is 19.3. The Labute approximate surface area is 561 Å². The van der Waals surface area contributed by atoms with Gasteiger partial charge in [0.05, 0.1) is 0 Å². The van der Waals surface area contributed by atoms with Crippen LogP contribution in [0.15, 0.2) is 121 Å². The Kier molecular flexibility index (Phi) is 20.0. The van der Waals surface area contributed by atoms with Gasteiger partial charge in [-0.1, -0.05) is 234 Å². The summed E-state index contributed by atoms with van der Waals surface area (Å²) in [5, 5.41) is 52.4. The summed E-state index contributed by atoms with van der Waals surface area (Å²) in [5.41, 5.74) is 15.0. The summed E-state index contributed by atoms with van der Waals surface area (Å²) in [6.45, 7) is 40.1. The van der Waals surface area contributed by atoms with Gasteiger partial charge in [-0.15, -0.1) is 12.8 Å². The van der Waals surface area contributed by atoms with Gasteiger partial charge >= 0.3 is 0 Å². The molecule has 0 aromatic heterocycles. The van der Waals surface area contributed by atoms with Gasteiger partial charge in [-0.3, -0.25) is 0 Å². The van der Waals surface area contributed by atoms with Gasteiger partial charge in [0.1, 0.15) is 72.4 Å². The third kappa shape index (κ3) is 16.4. The fourth-order valence-electron chi connectivity index (χ4n) is 12.4. The van der Waals surface area contributed by atoms with Crippen molar-refractivity contribution in [2.75, 3.05) is 13.2 Å². The molecule has 8 nitrogen and oxygen atoms in total. The molecule has 1 aliphatic carbocycles. The van der Waals surface area contributed by atoms with Gasteiger partial charge in [-0.05, 0) is 168 Å². The minimum atomic E-state index is -0.342. The quantitative estimate of drug-likeness (QED) is 0.100. The van der Waals surface area contributed by atoms with Crippen LogP contribution in [0.1, 0.15) is 236 Å². The van der Waals surface area contributed by atoms with Crippen LogP contribution >= 0.6 is 0 Å². The Hall–Kier alpha value is -8.72. The van der Waals surface area contributed by atoms with E-state index >= 15 is 0 Å². The van der Waals surface area contributed by atoms with Crippen molar-refractivity contribution in [3.05, 3.63) is 233 Å². The van der Waals surface area contributed by atoms with Gasteiger partial charge in [0.2, 0.25) is 0 Å². The molecule has 9 rings (SSSR count). The molecule has 0 saturated heterocycles. The van der Waals surface area contributed by atoms with Crippen molar-refractivity contribution in [2.24, 2.45) is 0 Å². The van der Waals surface area contributed by atoms with Crippen molar-refractivity contribution in [1.29, 1.82) is 0 Å².